The summed E-state index contributed by atoms with van der Waals surface area (Å²) in [6.07, 6.45) is 19.2. The zero-order chi connectivity index (χ0) is 34.0. The Hall–Kier alpha value is -4.04. The highest BCUT2D eigenvalue weighted by Gasteiger charge is 2.23. The Morgan fingerprint density at radius 1 is 0.551 bits per heavy atom. The van der Waals surface area contributed by atoms with Crippen molar-refractivity contribution >= 4 is 11.4 Å². The minimum atomic E-state index is 0.657. The van der Waals surface area contributed by atoms with E-state index in [0.29, 0.717) is 17.8 Å². The van der Waals surface area contributed by atoms with Crippen LogP contribution in [0.1, 0.15) is 108 Å². The summed E-state index contributed by atoms with van der Waals surface area (Å²) in [6, 6.07) is 33.1. The fourth-order valence-electron chi connectivity index (χ4n) is 8.27. The smallest absolute Gasteiger partial charge is 0.0346 e. The highest BCUT2D eigenvalue weighted by atomic mass is 14.9. The van der Waals surface area contributed by atoms with Crippen LogP contribution in [0.2, 0.25) is 0 Å². The second-order valence-corrected chi connectivity index (χ2v) is 14.6. The van der Waals surface area contributed by atoms with Crippen molar-refractivity contribution in [2.24, 2.45) is 11.8 Å². The average Bonchev–Trinajstić information content (AvgIpc) is 3.17. The van der Waals surface area contributed by atoms with Gasteiger partial charge in [-0.3, -0.25) is 0 Å². The molecule has 0 aliphatic heterocycles. The Morgan fingerprint density at radius 2 is 0.980 bits per heavy atom. The Bertz CT molecular complexity index is 1660. The Labute approximate surface area is 297 Å². The fourth-order valence-corrected chi connectivity index (χ4v) is 8.27. The summed E-state index contributed by atoms with van der Waals surface area (Å²) in [7, 11) is 0. The molecule has 0 heterocycles. The number of rotatable bonds is 13. The molecule has 2 heteroatoms. The molecular formula is C47H58N2. The van der Waals surface area contributed by atoms with Gasteiger partial charge in [0.25, 0.3) is 0 Å². The first kappa shape index (κ1) is 34.8. The van der Waals surface area contributed by atoms with Gasteiger partial charge in [0.15, 0.2) is 0 Å². The van der Waals surface area contributed by atoms with Gasteiger partial charge in [-0.1, -0.05) is 92.7 Å². The first-order valence-corrected chi connectivity index (χ1v) is 19.3. The van der Waals surface area contributed by atoms with Crippen molar-refractivity contribution in [2.75, 3.05) is 23.7 Å². The van der Waals surface area contributed by atoms with E-state index in [0.717, 1.165) is 31.8 Å². The van der Waals surface area contributed by atoms with Crippen molar-refractivity contribution in [1.82, 2.24) is 0 Å². The van der Waals surface area contributed by atoms with Crippen LogP contribution in [0.3, 0.4) is 0 Å². The monoisotopic (exact) mass is 650 g/mol. The van der Waals surface area contributed by atoms with Crippen LogP contribution in [-0.4, -0.2) is 13.1 Å². The minimum Gasteiger partial charge on any atom is -0.385 e. The molecule has 0 saturated heterocycles. The van der Waals surface area contributed by atoms with E-state index in [-0.39, 0.29) is 0 Å². The van der Waals surface area contributed by atoms with E-state index >= 15 is 0 Å². The van der Waals surface area contributed by atoms with Gasteiger partial charge in [-0.25, -0.2) is 0 Å². The van der Waals surface area contributed by atoms with E-state index in [1.807, 2.05) is 0 Å². The maximum Gasteiger partial charge on any atom is 0.0346 e. The molecule has 0 bridgehead atoms. The summed E-state index contributed by atoms with van der Waals surface area (Å²) in [4.78, 5) is 0. The summed E-state index contributed by atoms with van der Waals surface area (Å²) in [5.41, 5.74) is 13.0. The van der Waals surface area contributed by atoms with E-state index in [4.69, 9.17) is 0 Å². The van der Waals surface area contributed by atoms with Crippen LogP contribution >= 0.6 is 0 Å². The molecule has 2 fully saturated rings. The quantitative estimate of drug-likeness (QED) is 0.141. The van der Waals surface area contributed by atoms with Crippen LogP contribution in [-0.2, 0) is 0 Å². The molecule has 256 valence electrons. The molecule has 0 radical (unpaired) electrons. The van der Waals surface area contributed by atoms with Crippen LogP contribution in [0.4, 0.5) is 11.4 Å². The van der Waals surface area contributed by atoms with Crippen molar-refractivity contribution < 1.29 is 0 Å². The summed E-state index contributed by atoms with van der Waals surface area (Å²) >= 11 is 0. The molecule has 6 rings (SSSR count). The minimum absolute atomic E-state index is 0.657. The zero-order valence-electron chi connectivity index (χ0n) is 30.3. The maximum atomic E-state index is 4.05. The topological polar surface area (TPSA) is 24.1 Å². The largest absolute Gasteiger partial charge is 0.385 e. The van der Waals surface area contributed by atoms with Crippen LogP contribution in [0.15, 0.2) is 110 Å². The predicted molar refractivity (Wildman–Crippen MR) is 215 cm³/mol. The SMILES string of the molecule is C=CC1CCC(c2ccc(-c3ccc(NCCC)cc3-c3cc(NCCC)ccc3-c3ccc(C4CCC(/C=C/C)CC4)cc3)cc2)CC1. The van der Waals surface area contributed by atoms with E-state index in [9.17, 15) is 0 Å². The predicted octanol–water partition coefficient (Wildman–Crippen LogP) is 13.6. The van der Waals surface area contributed by atoms with Crippen LogP contribution < -0.4 is 10.6 Å². The van der Waals surface area contributed by atoms with E-state index in [1.54, 1.807) is 0 Å². The van der Waals surface area contributed by atoms with Gasteiger partial charge in [-0.05, 0) is 164 Å². The fraction of sp³-hybridized carbons (Fsp3) is 0.404. The second-order valence-electron chi connectivity index (χ2n) is 14.6. The van der Waals surface area contributed by atoms with Crippen LogP contribution in [0.25, 0.3) is 33.4 Å². The van der Waals surface area contributed by atoms with Gasteiger partial charge in [0.2, 0.25) is 0 Å². The normalized spacial score (nSPS) is 21.0. The first-order chi connectivity index (χ1) is 24.1. The number of allylic oxidation sites excluding steroid dienone is 3. The lowest BCUT2D eigenvalue weighted by Gasteiger charge is -2.27. The molecule has 4 aromatic carbocycles. The van der Waals surface area contributed by atoms with Gasteiger partial charge in [-0.15, -0.1) is 6.58 Å². The lowest BCUT2D eigenvalue weighted by molar-refractivity contribution is 0.376. The Balaban J connectivity index is 1.36. The van der Waals surface area contributed by atoms with Crippen molar-refractivity contribution in [1.29, 1.82) is 0 Å². The lowest BCUT2D eigenvalue weighted by Crippen LogP contribution is -2.11. The average molecular weight is 651 g/mol. The van der Waals surface area contributed by atoms with Gasteiger partial charge >= 0.3 is 0 Å². The van der Waals surface area contributed by atoms with Gasteiger partial charge in [0.1, 0.15) is 0 Å². The molecule has 0 unspecified atom stereocenters. The van der Waals surface area contributed by atoms with Crippen molar-refractivity contribution in [3.63, 3.8) is 0 Å². The number of anilines is 2. The molecule has 2 nitrogen and oxygen atoms in total. The number of hydrogen-bond donors (Lipinski definition) is 2. The standard InChI is InChI=1S/C47H58N2/c1-5-9-35-12-16-37(17-13-35)39-20-24-41(25-21-39)45-29-27-43(49-31-7-3)33-47(45)46-32-42(48-30-6-2)26-28-44(46)40-22-18-38(19-23-40)36-14-10-34(8-4)11-15-36/h5,8-9,18-29,32-37,48-49H,4,6-7,10-17,30-31H2,1-3H3/b9-5+. The third-order valence-electron chi connectivity index (χ3n) is 11.2. The van der Waals surface area contributed by atoms with Gasteiger partial charge in [0.05, 0.1) is 0 Å². The van der Waals surface area contributed by atoms with Crippen LogP contribution in [0, 0.1) is 11.8 Å². The second kappa shape index (κ2) is 17.1. The summed E-state index contributed by atoms with van der Waals surface area (Å²) in [5.74, 6) is 2.77. The van der Waals surface area contributed by atoms with Crippen molar-refractivity contribution in [3.8, 4) is 33.4 Å². The summed E-state index contributed by atoms with van der Waals surface area (Å²) < 4.78 is 0. The van der Waals surface area contributed by atoms with Gasteiger partial charge < -0.3 is 10.6 Å². The molecule has 2 aliphatic carbocycles. The highest BCUT2D eigenvalue weighted by molar-refractivity contribution is 5.94. The van der Waals surface area contributed by atoms with E-state index in [2.05, 4.69) is 141 Å². The number of hydrogen-bond acceptors (Lipinski definition) is 2. The molecule has 0 atom stereocenters. The molecule has 4 aromatic rings. The molecule has 2 saturated carbocycles. The molecule has 0 spiro atoms. The molecule has 0 amide bonds. The maximum absolute atomic E-state index is 4.05. The Kier molecular flexibility index (Phi) is 12.1. The molecular weight excluding hydrogens is 593 g/mol. The Morgan fingerprint density at radius 3 is 1.37 bits per heavy atom. The third kappa shape index (κ3) is 8.58. The zero-order valence-corrected chi connectivity index (χ0v) is 30.3. The lowest BCUT2D eigenvalue weighted by atomic mass is 9.78. The number of benzene rings is 4. The first-order valence-electron chi connectivity index (χ1n) is 19.3. The number of nitrogens with one attached hydrogen (secondary N) is 2. The van der Waals surface area contributed by atoms with Crippen molar-refractivity contribution in [2.45, 2.75) is 96.8 Å². The molecule has 2 aliphatic rings. The van der Waals surface area contributed by atoms with Gasteiger partial charge in [-0.2, -0.15) is 0 Å². The van der Waals surface area contributed by atoms with Gasteiger partial charge in [0, 0.05) is 24.5 Å². The van der Waals surface area contributed by atoms with E-state index < -0.39 is 0 Å². The van der Waals surface area contributed by atoms with E-state index in [1.165, 1.54) is 107 Å². The molecule has 2 N–H and O–H groups in total. The van der Waals surface area contributed by atoms with Crippen LogP contribution in [0.5, 0.6) is 0 Å². The molecule has 49 heavy (non-hydrogen) atoms. The third-order valence-corrected chi connectivity index (χ3v) is 11.2. The highest BCUT2D eigenvalue weighted by Crippen LogP contribution is 2.43. The summed E-state index contributed by atoms with van der Waals surface area (Å²) in [5, 5.41) is 7.36. The molecule has 0 aromatic heterocycles. The summed E-state index contributed by atoms with van der Waals surface area (Å²) in [6.45, 7) is 12.6. The van der Waals surface area contributed by atoms with Crippen molar-refractivity contribution in [3.05, 3.63) is 121 Å².